The fourth-order valence-electron chi connectivity index (χ4n) is 2.10. The zero-order chi connectivity index (χ0) is 19.3. The third-order valence-corrected chi connectivity index (χ3v) is 3.24. The number of nitrogens with one attached hydrogen (secondary N) is 2. The van der Waals surface area contributed by atoms with Crippen LogP contribution in [0.1, 0.15) is 36.7 Å². The maximum Gasteiger partial charge on any atom is 0.407 e. The minimum absolute atomic E-state index is 0.241. The minimum atomic E-state index is -0.930. The SMILES string of the molecule is CC(C)(C)OC(=O)NCc1ccc(NC(=O)c2c(F)cccc2F)cc1. The van der Waals surface area contributed by atoms with Crippen LogP contribution in [-0.2, 0) is 11.3 Å². The Morgan fingerprint density at radius 3 is 2.12 bits per heavy atom. The van der Waals surface area contributed by atoms with E-state index in [1.807, 2.05) is 0 Å². The summed E-state index contributed by atoms with van der Waals surface area (Å²) in [5.41, 5.74) is -0.0759. The normalized spacial score (nSPS) is 11.0. The molecule has 0 aliphatic carbocycles. The summed E-state index contributed by atoms with van der Waals surface area (Å²) in [5.74, 6) is -2.73. The average Bonchev–Trinajstić information content (AvgIpc) is 2.52. The first-order valence-electron chi connectivity index (χ1n) is 7.97. The van der Waals surface area contributed by atoms with Crippen molar-refractivity contribution in [1.29, 1.82) is 0 Å². The molecule has 5 nitrogen and oxygen atoms in total. The summed E-state index contributed by atoms with van der Waals surface area (Å²) < 4.78 is 32.3. The molecule has 2 N–H and O–H groups in total. The van der Waals surface area contributed by atoms with Gasteiger partial charge in [-0.25, -0.2) is 13.6 Å². The lowest BCUT2D eigenvalue weighted by molar-refractivity contribution is 0.0523. The molecule has 2 aromatic rings. The Bertz CT molecular complexity index is 779. The van der Waals surface area contributed by atoms with Gasteiger partial charge in [0.25, 0.3) is 5.91 Å². The summed E-state index contributed by atoms with van der Waals surface area (Å²) in [6.07, 6.45) is -0.537. The van der Waals surface area contributed by atoms with Crippen LogP contribution < -0.4 is 10.6 Å². The van der Waals surface area contributed by atoms with Crippen molar-refractivity contribution in [2.45, 2.75) is 32.9 Å². The number of halogens is 2. The van der Waals surface area contributed by atoms with E-state index in [0.717, 1.165) is 17.7 Å². The number of carbonyl (C=O) groups excluding carboxylic acids is 2. The monoisotopic (exact) mass is 362 g/mol. The molecular formula is C19H20F2N2O3. The van der Waals surface area contributed by atoms with Gasteiger partial charge in [-0.15, -0.1) is 0 Å². The molecule has 0 aromatic heterocycles. The van der Waals surface area contributed by atoms with Crippen molar-refractivity contribution in [2.24, 2.45) is 0 Å². The summed E-state index contributed by atoms with van der Waals surface area (Å²) in [4.78, 5) is 23.6. The van der Waals surface area contributed by atoms with E-state index in [1.54, 1.807) is 45.0 Å². The van der Waals surface area contributed by atoms with E-state index in [1.165, 1.54) is 6.07 Å². The van der Waals surface area contributed by atoms with E-state index in [4.69, 9.17) is 4.74 Å². The van der Waals surface area contributed by atoms with Crippen LogP contribution in [0.3, 0.4) is 0 Å². The van der Waals surface area contributed by atoms with Crippen LogP contribution in [0, 0.1) is 11.6 Å². The number of hydrogen-bond donors (Lipinski definition) is 2. The molecule has 26 heavy (non-hydrogen) atoms. The van der Waals surface area contributed by atoms with Gasteiger partial charge in [0.1, 0.15) is 22.8 Å². The second-order valence-corrected chi connectivity index (χ2v) is 6.60. The number of ether oxygens (including phenoxy) is 1. The molecule has 2 rings (SSSR count). The Kier molecular flexibility index (Phi) is 5.92. The maximum atomic E-state index is 13.6. The van der Waals surface area contributed by atoms with Crippen LogP contribution in [0.15, 0.2) is 42.5 Å². The molecule has 0 aliphatic rings. The van der Waals surface area contributed by atoms with Crippen LogP contribution in [-0.4, -0.2) is 17.6 Å². The molecule has 7 heteroatoms. The van der Waals surface area contributed by atoms with Gasteiger partial charge >= 0.3 is 6.09 Å². The molecule has 0 bridgehead atoms. The second-order valence-electron chi connectivity index (χ2n) is 6.60. The molecule has 0 spiro atoms. The lowest BCUT2D eigenvalue weighted by Gasteiger charge is -2.19. The number of benzene rings is 2. The number of carbonyl (C=O) groups is 2. The summed E-state index contributed by atoms with van der Waals surface area (Å²) in [5, 5.41) is 5.04. The smallest absolute Gasteiger partial charge is 0.407 e. The summed E-state index contributed by atoms with van der Waals surface area (Å²) >= 11 is 0. The van der Waals surface area contributed by atoms with Gasteiger partial charge in [-0.3, -0.25) is 4.79 Å². The standard InChI is InChI=1S/C19H20F2N2O3/c1-19(2,3)26-18(25)22-11-12-7-9-13(10-8-12)23-17(24)16-14(20)5-4-6-15(16)21/h4-10H,11H2,1-3H3,(H,22,25)(H,23,24). The third-order valence-electron chi connectivity index (χ3n) is 3.24. The zero-order valence-corrected chi connectivity index (χ0v) is 14.7. The maximum absolute atomic E-state index is 13.6. The van der Waals surface area contributed by atoms with Gasteiger partial charge in [-0.1, -0.05) is 18.2 Å². The van der Waals surface area contributed by atoms with Crippen molar-refractivity contribution in [2.75, 3.05) is 5.32 Å². The number of alkyl carbamates (subject to hydrolysis) is 1. The van der Waals surface area contributed by atoms with Gasteiger partial charge in [0.2, 0.25) is 0 Å². The molecule has 0 atom stereocenters. The topological polar surface area (TPSA) is 67.4 Å². The molecule has 0 saturated carbocycles. The van der Waals surface area contributed by atoms with Gasteiger partial charge in [0, 0.05) is 12.2 Å². The molecule has 0 saturated heterocycles. The number of amides is 2. The third kappa shape index (κ3) is 5.54. The van der Waals surface area contributed by atoms with Crippen molar-refractivity contribution >= 4 is 17.7 Å². The van der Waals surface area contributed by atoms with Crippen molar-refractivity contribution in [3.8, 4) is 0 Å². The van der Waals surface area contributed by atoms with Gasteiger partial charge < -0.3 is 15.4 Å². The quantitative estimate of drug-likeness (QED) is 0.855. The lowest BCUT2D eigenvalue weighted by Crippen LogP contribution is -2.32. The number of rotatable bonds is 4. The fraction of sp³-hybridized carbons (Fsp3) is 0.263. The van der Waals surface area contributed by atoms with Crippen LogP contribution >= 0.6 is 0 Å². The number of anilines is 1. The molecule has 0 radical (unpaired) electrons. The molecule has 0 aliphatic heterocycles. The van der Waals surface area contributed by atoms with Crippen LogP contribution in [0.4, 0.5) is 19.3 Å². The predicted molar refractivity (Wildman–Crippen MR) is 93.8 cm³/mol. The van der Waals surface area contributed by atoms with Crippen molar-refractivity contribution < 1.29 is 23.1 Å². The fourth-order valence-corrected chi connectivity index (χ4v) is 2.10. The summed E-state index contributed by atoms with van der Waals surface area (Å²) in [6.45, 7) is 5.54. The first-order valence-corrected chi connectivity index (χ1v) is 7.97. The van der Waals surface area contributed by atoms with Gasteiger partial charge in [0.05, 0.1) is 0 Å². The highest BCUT2D eigenvalue weighted by atomic mass is 19.1. The Labute approximate surface area is 150 Å². The Hall–Kier alpha value is -2.96. The molecule has 2 amide bonds. The molecule has 2 aromatic carbocycles. The predicted octanol–water partition coefficient (Wildman–Crippen LogP) is 4.24. The molecule has 0 unspecified atom stereocenters. The van der Waals surface area contributed by atoms with Crippen LogP contribution in [0.2, 0.25) is 0 Å². The van der Waals surface area contributed by atoms with Crippen LogP contribution in [0.5, 0.6) is 0 Å². The van der Waals surface area contributed by atoms with E-state index in [2.05, 4.69) is 10.6 Å². The Morgan fingerprint density at radius 1 is 1.00 bits per heavy atom. The molecular weight excluding hydrogens is 342 g/mol. The first kappa shape index (κ1) is 19.4. The molecule has 138 valence electrons. The highest BCUT2D eigenvalue weighted by molar-refractivity contribution is 6.04. The first-order chi connectivity index (χ1) is 12.2. The van der Waals surface area contributed by atoms with Gasteiger partial charge in [0.15, 0.2) is 0 Å². The Morgan fingerprint density at radius 2 is 1.58 bits per heavy atom. The highest BCUT2D eigenvalue weighted by Gasteiger charge is 2.17. The van der Waals surface area contributed by atoms with Gasteiger partial charge in [-0.2, -0.15) is 0 Å². The lowest BCUT2D eigenvalue weighted by atomic mass is 10.1. The van der Waals surface area contributed by atoms with Crippen molar-refractivity contribution in [1.82, 2.24) is 5.32 Å². The van der Waals surface area contributed by atoms with Crippen LogP contribution in [0.25, 0.3) is 0 Å². The Balaban J connectivity index is 1.95. The zero-order valence-electron chi connectivity index (χ0n) is 14.7. The van der Waals surface area contributed by atoms with Crippen molar-refractivity contribution in [3.05, 3.63) is 65.2 Å². The van der Waals surface area contributed by atoms with Gasteiger partial charge in [-0.05, 0) is 50.6 Å². The summed E-state index contributed by atoms with van der Waals surface area (Å²) in [6, 6.07) is 9.71. The molecule has 0 fully saturated rings. The highest BCUT2D eigenvalue weighted by Crippen LogP contribution is 2.16. The largest absolute Gasteiger partial charge is 0.444 e. The second kappa shape index (κ2) is 7.95. The molecule has 0 heterocycles. The van der Waals surface area contributed by atoms with E-state index in [9.17, 15) is 18.4 Å². The average molecular weight is 362 g/mol. The van der Waals surface area contributed by atoms with E-state index >= 15 is 0 Å². The number of hydrogen-bond acceptors (Lipinski definition) is 3. The minimum Gasteiger partial charge on any atom is -0.444 e. The van der Waals surface area contributed by atoms with E-state index < -0.39 is 34.8 Å². The van der Waals surface area contributed by atoms with Crippen molar-refractivity contribution in [3.63, 3.8) is 0 Å². The van der Waals surface area contributed by atoms with E-state index in [-0.39, 0.29) is 6.54 Å². The van der Waals surface area contributed by atoms with E-state index in [0.29, 0.717) is 5.69 Å². The summed E-state index contributed by atoms with van der Waals surface area (Å²) in [7, 11) is 0.